The van der Waals surface area contributed by atoms with Gasteiger partial charge in [-0.2, -0.15) is 0 Å². The van der Waals surface area contributed by atoms with Crippen molar-refractivity contribution in [3.05, 3.63) is 62.9 Å². The van der Waals surface area contributed by atoms with Gasteiger partial charge in [-0.05, 0) is 77.2 Å². The number of carbonyl (C=O) groups is 1. The molecule has 4 rings (SSSR count). The highest BCUT2D eigenvalue weighted by molar-refractivity contribution is 14.1. The van der Waals surface area contributed by atoms with Crippen molar-refractivity contribution < 1.29 is 9.21 Å². The van der Waals surface area contributed by atoms with Crippen molar-refractivity contribution in [3.63, 3.8) is 0 Å². The van der Waals surface area contributed by atoms with E-state index in [1.54, 1.807) is 6.26 Å². The van der Waals surface area contributed by atoms with Crippen molar-refractivity contribution >= 4 is 45.2 Å². The van der Waals surface area contributed by atoms with Gasteiger partial charge in [0.2, 0.25) is 5.91 Å². The Morgan fingerprint density at radius 2 is 1.96 bits per heavy atom. The molecule has 3 nitrogen and oxygen atoms in total. The van der Waals surface area contributed by atoms with E-state index < -0.39 is 0 Å². The van der Waals surface area contributed by atoms with E-state index in [2.05, 4.69) is 40.0 Å². The lowest BCUT2D eigenvalue weighted by Crippen LogP contribution is -2.14. The summed E-state index contributed by atoms with van der Waals surface area (Å²) in [6, 6.07) is 12.1. The minimum Gasteiger partial charge on any atom is -0.464 e. The topological polar surface area (TPSA) is 42.2 Å². The van der Waals surface area contributed by atoms with Crippen LogP contribution in [0.1, 0.15) is 23.1 Å². The molecule has 1 aliphatic carbocycles. The van der Waals surface area contributed by atoms with Gasteiger partial charge in [0.1, 0.15) is 5.58 Å². The minimum absolute atomic E-state index is 0.0164. The van der Waals surface area contributed by atoms with Crippen LogP contribution in [0, 0.1) is 3.57 Å². The van der Waals surface area contributed by atoms with Crippen molar-refractivity contribution in [3.8, 4) is 0 Å². The lowest BCUT2D eigenvalue weighted by molar-refractivity contribution is -0.115. The molecule has 1 heterocycles. The molecule has 116 valence electrons. The normalized spacial score (nSPS) is 13.3. The first kappa shape index (κ1) is 14.8. The Hall–Kier alpha value is -1.82. The lowest BCUT2D eigenvalue weighted by atomic mass is 10.0. The molecule has 0 spiro atoms. The van der Waals surface area contributed by atoms with Gasteiger partial charge in [0.05, 0.1) is 18.4 Å². The number of benzene rings is 2. The Labute approximate surface area is 148 Å². The van der Waals surface area contributed by atoms with E-state index in [1.807, 2.05) is 24.3 Å². The molecule has 0 fully saturated rings. The van der Waals surface area contributed by atoms with Crippen molar-refractivity contribution in [2.24, 2.45) is 0 Å². The summed E-state index contributed by atoms with van der Waals surface area (Å²) >= 11 is 2.22. The number of fused-ring (bicyclic) bond motifs is 2. The zero-order valence-electron chi connectivity index (χ0n) is 12.6. The third-order valence-electron chi connectivity index (χ3n) is 4.37. The van der Waals surface area contributed by atoms with Gasteiger partial charge in [0.25, 0.3) is 0 Å². The van der Waals surface area contributed by atoms with Crippen LogP contribution in [0.5, 0.6) is 0 Å². The summed E-state index contributed by atoms with van der Waals surface area (Å²) in [7, 11) is 0. The van der Waals surface area contributed by atoms with Crippen LogP contribution >= 0.6 is 22.6 Å². The molecular weight excluding hydrogens is 401 g/mol. The van der Waals surface area contributed by atoms with Crippen LogP contribution < -0.4 is 5.32 Å². The number of furan rings is 1. The highest BCUT2D eigenvalue weighted by Gasteiger charge is 2.17. The monoisotopic (exact) mass is 417 g/mol. The summed E-state index contributed by atoms with van der Waals surface area (Å²) in [4.78, 5) is 12.4. The van der Waals surface area contributed by atoms with E-state index in [4.69, 9.17) is 4.42 Å². The Bertz CT molecular complexity index is 898. The standard InChI is InChI=1S/C19H16INO2/c20-16-6-1-2-7-17(16)21-19(22)10-14-11-23-18-9-13-5-3-4-12(13)8-15(14)18/h1-2,6-9,11H,3-5,10H2,(H,21,22). The van der Waals surface area contributed by atoms with Gasteiger partial charge in [0.15, 0.2) is 0 Å². The molecule has 1 aliphatic rings. The molecule has 1 amide bonds. The highest BCUT2D eigenvalue weighted by Crippen LogP contribution is 2.30. The number of amides is 1. The maximum Gasteiger partial charge on any atom is 0.228 e. The van der Waals surface area contributed by atoms with Crippen LogP contribution in [-0.4, -0.2) is 5.91 Å². The molecule has 0 bridgehead atoms. The Morgan fingerprint density at radius 3 is 2.78 bits per heavy atom. The fourth-order valence-corrected chi connectivity index (χ4v) is 3.74. The molecular formula is C19H16INO2. The van der Waals surface area contributed by atoms with Crippen LogP contribution in [-0.2, 0) is 24.1 Å². The summed E-state index contributed by atoms with van der Waals surface area (Å²) in [5.74, 6) is -0.0164. The third kappa shape index (κ3) is 2.87. The van der Waals surface area contributed by atoms with Crippen molar-refractivity contribution in [2.75, 3.05) is 5.32 Å². The van der Waals surface area contributed by atoms with Gasteiger partial charge in [-0.1, -0.05) is 12.1 Å². The number of para-hydroxylation sites is 1. The summed E-state index contributed by atoms with van der Waals surface area (Å²) in [5, 5.41) is 4.05. The Kier molecular flexibility index (Phi) is 3.85. The smallest absolute Gasteiger partial charge is 0.228 e. The largest absolute Gasteiger partial charge is 0.464 e. The van der Waals surface area contributed by atoms with Gasteiger partial charge in [-0.25, -0.2) is 0 Å². The van der Waals surface area contributed by atoms with Gasteiger partial charge >= 0.3 is 0 Å². The van der Waals surface area contributed by atoms with Crippen LogP contribution in [0.15, 0.2) is 47.1 Å². The molecule has 0 atom stereocenters. The quantitative estimate of drug-likeness (QED) is 0.628. The maximum absolute atomic E-state index is 12.4. The zero-order valence-corrected chi connectivity index (χ0v) is 14.7. The summed E-state index contributed by atoms with van der Waals surface area (Å²) in [6.07, 6.45) is 5.52. The fourth-order valence-electron chi connectivity index (χ4n) is 3.21. The summed E-state index contributed by atoms with van der Waals surface area (Å²) in [6.45, 7) is 0. The predicted octanol–water partition coefficient (Wildman–Crippen LogP) is 4.71. The molecule has 3 aromatic rings. The molecule has 1 N–H and O–H groups in total. The maximum atomic E-state index is 12.4. The van der Waals surface area contributed by atoms with Crippen molar-refractivity contribution in [1.29, 1.82) is 0 Å². The SMILES string of the molecule is O=C(Cc1coc2cc3c(cc12)CCC3)Nc1ccccc1I. The second-order valence-electron chi connectivity index (χ2n) is 5.94. The molecule has 0 unspecified atom stereocenters. The van der Waals surface area contributed by atoms with Crippen LogP contribution in [0.4, 0.5) is 5.69 Å². The van der Waals surface area contributed by atoms with Crippen molar-refractivity contribution in [2.45, 2.75) is 25.7 Å². The molecule has 2 aromatic carbocycles. The third-order valence-corrected chi connectivity index (χ3v) is 5.31. The molecule has 23 heavy (non-hydrogen) atoms. The number of aryl methyl sites for hydroxylation is 2. The first-order valence-electron chi connectivity index (χ1n) is 7.77. The van der Waals surface area contributed by atoms with Crippen LogP contribution in [0.3, 0.4) is 0 Å². The number of carbonyl (C=O) groups excluding carboxylic acids is 1. The van der Waals surface area contributed by atoms with Gasteiger partial charge in [-0.15, -0.1) is 0 Å². The molecule has 0 radical (unpaired) electrons. The molecule has 1 aromatic heterocycles. The average molecular weight is 417 g/mol. The van der Waals surface area contributed by atoms with E-state index in [1.165, 1.54) is 17.5 Å². The van der Waals surface area contributed by atoms with E-state index in [0.29, 0.717) is 6.42 Å². The fraction of sp³-hybridized carbons (Fsp3) is 0.211. The second-order valence-corrected chi connectivity index (χ2v) is 7.10. The zero-order chi connectivity index (χ0) is 15.8. The number of anilines is 1. The summed E-state index contributed by atoms with van der Waals surface area (Å²) in [5.41, 5.74) is 5.49. The van der Waals surface area contributed by atoms with Gasteiger partial charge < -0.3 is 9.73 Å². The average Bonchev–Trinajstić information content (AvgIpc) is 3.14. The first-order chi connectivity index (χ1) is 11.2. The van der Waals surface area contributed by atoms with Gasteiger partial charge in [0, 0.05) is 14.5 Å². The molecule has 4 heteroatoms. The Morgan fingerprint density at radius 1 is 1.17 bits per heavy atom. The second kappa shape index (κ2) is 6.00. The number of hydrogen-bond acceptors (Lipinski definition) is 2. The first-order valence-corrected chi connectivity index (χ1v) is 8.85. The van der Waals surface area contributed by atoms with Gasteiger partial charge in [-0.3, -0.25) is 4.79 Å². The number of hydrogen-bond donors (Lipinski definition) is 1. The predicted molar refractivity (Wildman–Crippen MR) is 99.7 cm³/mol. The van der Waals surface area contributed by atoms with E-state index in [0.717, 1.165) is 38.6 Å². The number of rotatable bonds is 3. The van der Waals surface area contributed by atoms with E-state index in [9.17, 15) is 4.79 Å². The lowest BCUT2D eigenvalue weighted by Gasteiger charge is -2.06. The van der Waals surface area contributed by atoms with Crippen molar-refractivity contribution in [1.82, 2.24) is 0 Å². The number of nitrogens with one attached hydrogen (secondary N) is 1. The Balaban J connectivity index is 1.58. The molecule has 0 saturated carbocycles. The van der Waals surface area contributed by atoms with Crippen LogP contribution in [0.25, 0.3) is 11.0 Å². The minimum atomic E-state index is -0.0164. The highest BCUT2D eigenvalue weighted by atomic mass is 127. The van der Waals surface area contributed by atoms with Crippen LogP contribution in [0.2, 0.25) is 0 Å². The van der Waals surface area contributed by atoms with E-state index in [-0.39, 0.29) is 5.91 Å². The number of halogens is 1. The summed E-state index contributed by atoms with van der Waals surface area (Å²) < 4.78 is 6.70. The molecule has 0 aliphatic heterocycles. The molecule has 0 saturated heterocycles. The van der Waals surface area contributed by atoms with E-state index >= 15 is 0 Å².